The van der Waals surface area contributed by atoms with Crippen LogP contribution >= 0.6 is 0 Å². The van der Waals surface area contributed by atoms with Gasteiger partial charge in [0.05, 0.1) is 11.1 Å². The molecule has 0 amide bonds. The number of hydrogen-bond acceptors (Lipinski definition) is 3. The molecule has 0 aliphatic rings. The molecule has 2 rings (SSSR count). The summed E-state index contributed by atoms with van der Waals surface area (Å²) in [4.78, 5) is 8.56. The topological polar surface area (TPSA) is 105 Å². The van der Waals surface area contributed by atoms with E-state index in [1.165, 1.54) is 0 Å². The summed E-state index contributed by atoms with van der Waals surface area (Å²) in [5, 5.41) is 32.0. The molecule has 0 aliphatic heterocycles. The molecule has 0 atom stereocenters. The normalized spacial score (nSPS) is 8.50. The summed E-state index contributed by atoms with van der Waals surface area (Å²) in [6, 6.07) is 19.0. The van der Waals surface area contributed by atoms with Gasteiger partial charge in [-0.15, -0.1) is 0 Å². The van der Waals surface area contributed by atoms with Crippen molar-refractivity contribution < 1.29 is 15.0 Å². The zero-order valence-electron chi connectivity index (χ0n) is 10.3. The average Bonchev–Trinajstić information content (AvgIpc) is 2.46. The second-order valence-corrected chi connectivity index (χ2v) is 3.60. The van der Waals surface area contributed by atoms with Crippen LogP contribution < -0.4 is 0 Å². The van der Waals surface area contributed by atoms with Crippen LogP contribution in [0.1, 0.15) is 11.1 Å². The lowest BCUT2D eigenvalue weighted by Crippen LogP contribution is -1.88. The van der Waals surface area contributed by atoms with E-state index in [-0.39, 0.29) is 0 Å². The molecule has 0 radical (unpaired) electrons. The SMILES string of the molecule is N#Cc1cccc(-c2ccccc2)c1C#N.O=C(O)O. The molecule has 2 aromatic rings. The first-order valence-electron chi connectivity index (χ1n) is 5.50. The van der Waals surface area contributed by atoms with Crippen LogP contribution in [0.15, 0.2) is 48.5 Å². The van der Waals surface area contributed by atoms with E-state index in [2.05, 4.69) is 6.07 Å². The Morgan fingerprint density at radius 1 is 0.900 bits per heavy atom. The highest BCUT2D eigenvalue weighted by Gasteiger charge is 2.08. The lowest BCUT2D eigenvalue weighted by atomic mass is 9.97. The van der Waals surface area contributed by atoms with Gasteiger partial charge in [0.25, 0.3) is 0 Å². The van der Waals surface area contributed by atoms with Crippen LogP contribution in [-0.4, -0.2) is 16.4 Å². The van der Waals surface area contributed by atoms with E-state index in [1.54, 1.807) is 12.1 Å². The van der Waals surface area contributed by atoms with E-state index in [0.29, 0.717) is 11.1 Å². The fourth-order valence-electron chi connectivity index (χ4n) is 1.62. The van der Waals surface area contributed by atoms with Crippen LogP contribution in [0.5, 0.6) is 0 Å². The molecule has 0 heterocycles. The first-order valence-corrected chi connectivity index (χ1v) is 5.50. The number of hydrogen-bond donors (Lipinski definition) is 2. The molecule has 0 aromatic heterocycles. The Morgan fingerprint density at radius 2 is 1.50 bits per heavy atom. The van der Waals surface area contributed by atoms with Crippen LogP contribution in [0, 0.1) is 22.7 Å². The molecule has 0 unspecified atom stereocenters. The van der Waals surface area contributed by atoms with Gasteiger partial charge < -0.3 is 10.2 Å². The minimum atomic E-state index is -1.83. The number of rotatable bonds is 1. The standard InChI is InChI=1S/C14H8N2.CH2O3/c15-9-12-7-4-8-13(14(12)10-16)11-5-2-1-3-6-11;2-1(3)4/h1-8H;(H2,2,3,4). The largest absolute Gasteiger partial charge is 0.503 e. The zero-order chi connectivity index (χ0) is 15.0. The van der Waals surface area contributed by atoms with E-state index in [1.807, 2.05) is 42.5 Å². The molecule has 0 spiro atoms. The van der Waals surface area contributed by atoms with E-state index in [4.69, 9.17) is 25.5 Å². The molecule has 0 fully saturated rings. The van der Waals surface area contributed by atoms with Crippen LogP contribution in [-0.2, 0) is 0 Å². The average molecular weight is 266 g/mol. The maximum Gasteiger partial charge on any atom is 0.503 e. The number of carbonyl (C=O) groups is 1. The molecular formula is C15H10N2O3. The lowest BCUT2D eigenvalue weighted by Gasteiger charge is -2.04. The van der Waals surface area contributed by atoms with Gasteiger partial charge in [0.2, 0.25) is 0 Å². The molecule has 20 heavy (non-hydrogen) atoms. The molecule has 0 aliphatic carbocycles. The third kappa shape index (κ3) is 3.86. The lowest BCUT2D eigenvalue weighted by molar-refractivity contribution is 0.137. The van der Waals surface area contributed by atoms with E-state index < -0.39 is 6.16 Å². The number of nitriles is 2. The second-order valence-electron chi connectivity index (χ2n) is 3.60. The Balaban J connectivity index is 0.000000444. The van der Waals surface area contributed by atoms with Crippen LogP contribution in [0.25, 0.3) is 11.1 Å². The predicted octanol–water partition coefficient (Wildman–Crippen LogP) is 3.32. The highest BCUT2D eigenvalue weighted by atomic mass is 16.6. The fourth-order valence-corrected chi connectivity index (χ4v) is 1.62. The first-order chi connectivity index (χ1) is 9.60. The van der Waals surface area contributed by atoms with Gasteiger partial charge in [0.1, 0.15) is 12.1 Å². The van der Waals surface area contributed by atoms with Crippen molar-refractivity contribution in [3.63, 3.8) is 0 Å². The zero-order valence-corrected chi connectivity index (χ0v) is 10.3. The second kappa shape index (κ2) is 7.20. The summed E-state index contributed by atoms with van der Waals surface area (Å²) in [5.74, 6) is 0. The van der Waals surface area contributed by atoms with Crippen molar-refractivity contribution in [3.8, 4) is 23.3 Å². The van der Waals surface area contributed by atoms with Gasteiger partial charge in [-0.25, -0.2) is 4.79 Å². The van der Waals surface area contributed by atoms with Crippen LogP contribution in [0.2, 0.25) is 0 Å². The number of nitrogens with zero attached hydrogens (tertiary/aromatic N) is 2. The summed E-state index contributed by atoms with van der Waals surface area (Å²) in [6.45, 7) is 0. The van der Waals surface area contributed by atoms with Crippen molar-refractivity contribution in [1.29, 1.82) is 10.5 Å². The fraction of sp³-hybridized carbons (Fsp3) is 0. The van der Waals surface area contributed by atoms with Crippen molar-refractivity contribution in [3.05, 3.63) is 59.7 Å². The Kier molecular flexibility index (Phi) is 5.31. The highest BCUT2D eigenvalue weighted by molar-refractivity contribution is 5.73. The van der Waals surface area contributed by atoms with E-state index in [0.717, 1.165) is 11.1 Å². The quantitative estimate of drug-likeness (QED) is 0.823. The minimum Gasteiger partial charge on any atom is -0.450 e. The molecular weight excluding hydrogens is 256 g/mol. The molecule has 2 N–H and O–H groups in total. The summed E-state index contributed by atoms with van der Waals surface area (Å²) < 4.78 is 0. The summed E-state index contributed by atoms with van der Waals surface area (Å²) in [5.41, 5.74) is 2.62. The third-order valence-electron chi connectivity index (χ3n) is 2.38. The number of carboxylic acid groups (broad SMARTS) is 2. The maximum atomic E-state index is 9.09. The van der Waals surface area contributed by atoms with Crippen molar-refractivity contribution >= 4 is 6.16 Å². The molecule has 5 heteroatoms. The van der Waals surface area contributed by atoms with Crippen molar-refractivity contribution in [1.82, 2.24) is 0 Å². The first kappa shape index (κ1) is 14.7. The molecule has 2 aromatic carbocycles. The number of benzene rings is 2. The van der Waals surface area contributed by atoms with E-state index >= 15 is 0 Å². The van der Waals surface area contributed by atoms with Gasteiger partial charge in [-0.05, 0) is 11.6 Å². The monoisotopic (exact) mass is 266 g/mol. The van der Waals surface area contributed by atoms with Crippen LogP contribution in [0.4, 0.5) is 4.79 Å². The molecule has 0 saturated carbocycles. The van der Waals surface area contributed by atoms with Gasteiger partial charge in [-0.1, -0.05) is 42.5 Å². The molecule has 98 valence electrons. The predicted molar refractivity (Wildman–Crippen MR) is 72.0 cm³/mol. The van der Waals surface area contributed by atoms with Crippen molar-refractivity contribution in [2.75, 3.05) is 0 Å². The Hall–Kier alpha value is -3.31. The molecule has 0 bridgehead atoms. The Labute approximate surface area is 115 Å². The summed E-state index contributed by atoms with van der Waals surface area (Å²) >= 11 is 0. The molecule has 5 nitrogen and oxygen atoms in total. The van der Waals surface area contributed by atoms with Gasteiger partial charge in [0.15, 0.2) is 0 Å². The van der Waals surface area contributed by atoms with Crippen molar-refractivity contribution in [2.45, 2.75) is 0 Å². The summed E-state index contributed by atoms with van der Waals surface area (Å²) in [7, 11) is 0. The maximum absolute atomic E-state index is 9.09. The Bertz CT molecular complexity index is 679. The summed E-state index contributed by atoms with van der Waals surface area (Å²) in [6.07, 6.45) is -1.83. The van der Waals surface area contributed by atoms with Gasteiger partial charge in [0, 0.05) is 5.56 Å². The smallest absolute Gasteiger partial charge is 0.450 e. The van der Waals surface area contributed by atoms with E-state index in [9.17, 15) is 0 Å². The minimum absolute atomic E-state index is 0.420. The van der Waals surface area contributed by atoms with Crippen LogP contribution in [0.3, 0.4) is 0 Å². The van der Waals surface area contributed by atoms with Gasteiger partial charge in [-0.3, -0.25) is 0 Å². The van der Waals surface area contributed by atoms with Crippen molar-refractivity contribution in [2.24, 2.45) is 0 Å². The molecule has 0 saturated heterocycles. The third-order valence-corrected chi connectivity index (χ3v) is 2.38. The highest BCUT2D eigenvalue weighted by Crippen LogP contribution is 2.25. The van der Waals surface area contributed by atoms with Gasteiger partial charge >= 0.3 is 6.16 Å². The Morgan fingerprint density at radius 3 is 2.00 bits per heavy atom. The van der Waals surface area contributed by atoms with Gasteiger partial charge in [-0.2, -0.15) is 10.5 Å².